The topological polar surface area (TPSA) is 95.9 Å². The highest BCUT2D eigenvalue weighted by atomic mass is 19.1. The van der Waals surface area contributed by atoms with Crippen molar-refractivity contribution in [3.63, 3.8) is 0 Å². The summed E-state index contributed by atoms with van der Waals surface area (Å²) in [5.41, 5.74) is -0.287. The van der Waals surface area contributed by atoms with E-state index in [-0.39, 0.29) is 17.7 Å². The number of amides is 1. The molecule has 3 N–H and O–H groups in total. The molecule has 0 aliphatic rings. The molecule has 6 nitrogen and oxygen atoms in total. The second kappa shape index (κ2) is 6.69. The molecule has 0 fully saturated rings. The Bertz CT molecular complexity index is 477. The number of benzene rings is 1. The van der Waals surface area contributed by atoms with E-state index in [1.165, 1.54) is 19.2 Å². The quantitative estimate of drug-likeness (QED) is 0.696. The lowest BCUT2D eigenvalue weighted by Crippen LogP contribution is -2.41. The van der Waals surface area contributed by atoms with Crippen LogP contribution < -0.4 is 10.1 Å². The Morgan fingerprint density at radius 3 is 2.63 bits per heavy atom. The molecule has 19 heavy (non-hydrogen) atoms. The van der Waals surface area contributed by atoms with Gasteiger partial charge in [-0.1, -0.05) is 0 Å². The number of halogens is 1. The highest BCUT2D eigenvalue weighted by molar-refractivity contribution is 5.96. The molecule has 0 bridgehead atoms. The van der Waals surface area contributed by atoms with Crippen LogP contribution in [0.4, 0.5) is 4.39 Å². The van der Waals surface area contributed by atoms with E-state index in [9.17, 15) is 14.0 Å². The molecule has 104 valence electrons. The summed E-state index contributed by atoms with van der Waals surface area (Å²) in [5.74, 6) is -2.72. The van der Waals surface area contributed by atoms with Crippen molar-refractivity contribution in [2.24, 2.45) is 0 Å². The Morgan fingerprint density at radius 2 is 2.16 bits per heavy atom. The van der Waals surface area contributed by atoms with E-state index < -0.39 is 30.3 Å². The molecule has 1 rings (SSSR count). The zero-order chi connectivity index (χ0) is 14.4. The van der Waals surface area contributed by atoms with Crippen LogP contribution >= 0.6 is 0 Å². The van der Waals surface area contributed by atoms with Crippen molar-refractivity contribution in [2.45, 2.75) is 12.5 Å². The predicted molar refractivity (Wildman–Crippen MR) is 63.5 cm³/mol. The number of aliphatic carboxylic acids is 1. The van der Waals surface area contributed by atoms with E-state index in [0.29, 0.717) is 0 Å². The van der Waals surface area contributed by atoms with Crippen molar-refractivity contribution >= 4 is 11.9 Å². The van der Waals surface area contributed by atoms with Crippen molar-refractivity contribution in [3.8, 4) is 5.75 Å². The first-order valence-corrected chi connectivity index (χ1v) is 5.47. The number of rotatable bonds is 6. The third kappa shape index (κ3) is 3.92. The molecule has 1 amide bonds. The lowest BCUT2D eigenvalue weighted by Gasteiger charge is -2.13. The molecule has 1 atom stereocenters. The van der Waals surface area contributed by atoms with Crippen LogP contribution in [0.2, 0.25) is 0 Å². The number of carbonyl (C=O) groups is 2. The molecule has 0 unspecified atom stereocenters. The summed E-state index contributed by atoms with van der Waals surface area (Å²) in [7, 11) is 1.36. The van der Waals surface area contributed by atoms with Gasteiger partial charge in [-0.15, -0.1) is 0 Å². The molecule has 0 aromatic heterocycles. The maximum Gasteiger partial charge on any atom is 0.326 e. The number of carboxylic acids is 1. The Kier molecular flexibility index (Phi) is 5.25. The normalized spacial score (nSPS) is 11.7. The molecule has 0 heterocycles. The molecular weight excluding hydrogens is 257 g/mol. The van der Waals surface area contributed by atoms with Crippen LogP contribution in [-0.2, 0) is 4.79 Å². The third-order valence-corrected chi connectivity index (χ3v) is 2.44. The van der Waals surface area contributed by atoms with Gasteiger partial charge < -0.3 is 20.3 Å². The third-order valence-electron chi connectivity index (χ3n) is 2.44. The molecular formula is C12H14FNO5. The van der Waals surface area contributed by atoms with Crippen molar-refractivity contribution in [3.05, 3.63) is 29.6 Å². The number of hydrogen-bond donors (Lipinski definition) is 3. The van der Waals surface area contributed by atoms with Crippen LogP contribution in [-0.4, -0.2) is 41.8 Å². The van der Waals surface area contributed by atoms with Gasteiger partial charge in [-0.3, -0.25) is 4.79 Å². The summed E-state index contributed by atoms with van der Waals surface area (Å²) < 4.78 is 18.4. The van der Waals surface area contributed by atoms with E-state index in [1.807, 2.05) is 0 Å². The predicted octanol–water partition coefficient (Wildman–Crippen LogP) is 0.400. The van der Waals surface area contributed by atoms with E-state index in [2.05, 4.69) is 5.32 Å². The van der Waals surface area contributed by atoms with Crippen LogP contribution in [0.5, 0.6) is 5.75 Å². The second-order valence-electron chi connectivity index (χ2n) is 3.72. The smallest absolute Gasteiger partial charge is 0.326 e. The summed E-state index contributed by atoms with van der Waals surface area (Å²) in [6.07, 6.45) is -0.154. The Labute approximate surface area is 108 Å². The fourth-order valence-electron chi connectivity index (χ4n) is 1.43. The van der Waals surface area contributed by atoms with Gasteiger partial charge in [0.2, 0.25) is 0 Å². The monoisotopic (exact) mass is 271 g/mol. The number of hydrogen-bond acceptors (Lipinski definition) is 4. The van der Waals surface area contributed by atoms with Gasteiger partial charge in [0, 0.05) is 19.1 Å². The summed E-state index contributed by atoms with van der Waals surface area (Å²) in [5, 5.41) is 19.6. The first-order chi connectivity index (χ1) is 8.99. The summed E-state index contributed by atoms with van der Waals surface area (Å²) in [6.45, 7) is -0.400. The molecule has 1 aromatic rings. The van der Waals surface area contributed by atoms with Crippen molar-refractivity contribution in [2.75, 3.05) is 13.7 Å². The molecule has 0 saturated heterocycles. The number of carbonyl (C=O) groups excluding carboxylic acids is 1. The van der Waals surface area contributed by atoms with Gasteiger partial charge >= 0.3 is 5.97 Å². The first kappa shape index (κ1) is 14.9. The number of methoxy groups -OCH3 is 1. The highest BCUT2D eigenvalue weighted by Crippen LogP contribution is 2.16. The Morgan fingerprint density at radius 1 is 1.47 bits per heavy atom. The molecule has 1 aromatic carbocycles. The maximum atomic E-state index is 13.6. The van der Waals surface area contributed by atoms with Gasteiger partial charge in [-0.2, -0.15) is 0 Å². The number of nitrogens with one attached hydrogen (secondary N) is 1. The number of aliphatic hydroxyl groups excluding tert-OH is 1. The van der Waals surface area contributed by atoms with Gasteiger partial charge in [0.1, 0.15) is 17.6 Å². The molecule has 0 spiro atoms. The minimum Gasteiger partial charge on any atom is -0.497 e. The SMILES string of the molecule is COc1ccc(C(=O)N[C@H](CCO)C(=O)O)c(F)c1. The van der Waals surface area contributed by atoms with Gasteiger partial charge in [0.05, 0.1) is 12.7 Å². The summed E-state index contributed by atoms with van der Waals surface area (Å²) in [4.78, 5) is 22.5. The van der Waals surface area contributed by atoms with Gasteiger partial charge in [-0.05, 0) is 12.1 Å². The standard InChI is InChI=1S/C12H14FNO5/c1-19-7-2-3-8(9(13)6-7)11(16)14-10(4-5-15)12(17)18/h2-3,6,10,15H,4-5H2,1H3,(H,14,16)(H,17,18)/t10-/m1/s1. The zero-order valence-electron chi connectivity index (χ0n) is 10.2. The van der Waals surface area contributed by atoms with Crippen LogP contribution in [0.25, 0.3) is 0 Å². The van der Waals surface area contributed by atoms with Gasteiger partial charge in [0.15, 0.2) is 0 Å². The lowest BCUT2D eigenvalue weighted by molar-refractivity contribution is -0.139. The van der Waals surface area contributed by atoms with Crippen LogP contribution in [0.1, 0.15) is 16.8 Å². The van der Waals surface area contributed by atoms with Gasteiger partial charge in [0.25, 0.3) is 5.91 Å². The van der Waals surface area contributed by atoms with Gasteiger partial charge in [-0.25, -0.2) is 9.18 Å². The minimum absolute atomic E-state index is 0.154. The van der Waals surface area contributed by atoms with E-state index in [4.69, 9.17) is 14.9 Å². The highest BCUT2D eigenvalue weighted by Gasteiger charge is 2.21. The fraction of sp³-hybridized carbons (Fsp3) is 0.333. The number of ether oxygens (including phenoxy) is 1. The second-order valence-corrected chi connectivity index (χ2v) is 3.72. The fourth-order valence-corrected chi connectivity index (χ4v) is 1.43. The Hall–Kier alpha value is -2.15. The number of carboxylic acid groups (broad SMARTS) is 1. The largest absolute Gasteiger partial charge is 0.497 e. The zero-order valence-corrected chi connectivity index (χ0v) is 10.2. The average Bonchev–Trinajstić information content (AvgIpc) is 2.37. The minimum atomic E-state index is -1.30. The van der Waals surface area contributed by atoms with Crippen LogP contribution in [0.15, 0.2) is 18.2 Å². The van der Waals surface area contributed by atoms with E-state index in [1.54, 1.807) is 0 Å². The lowest BCUT2D eigenvalue weighted by atomic mass is 10.1. The molecule has 0 radical (unpaired) electrons. The van der Waals surface area contributed by atoms with E-state index >= 15 is 0 Å². The van der Waals surface area contributed by atoms with Crippen LogP contribution in [0, 0.1) is 5.82 Å². The van der Waals surface area contributed by atoms with Crippen LogP contribution in [0.3, 0.4) is 0 Å². The summed E-state index contributed by atoms with van der Waals surface area (Å²) >= 11 is 0. The average molecular weight is 271 g/mol. The van der Waals surface area contributed by atoms with Crippen molar-refractivity contribution < 1.29 is 28.9 Å². The van der Waals surface area contributed by atoms with Crippen molar-refractivity contribution in [1.82, 2.24) is 5.32 Å². The molecule has 0 saturated carbocycles. The molecule has 0 aliphatic carbocycles. The van der Waals surface area contributed by atoms with Crippen molar-refractivity contribution in [1.29, 1.82) is 0 Å². The van der Waals surface area contributed by atoms with E-state index in [0.717, 1.165) is 6.07 Å². The summed E-state index contributed by atoms with van der Waals surface area (Å²) in [6, 6.07) is 2.34. The number of aliphatic hydroxyl groups is 1. The Balaban J connectivity index is 2.85. The molecule has 0 aliphatic heterocycles. The maximum absolute atomic E-state index is 13.6. The molecule has 7 heteroatoms. The first-order valence-electron chi connectivity index (χ1n) is 5.47.